The number of alkyl halides is 3. The minimum Gasteiger partial charge on any atom is -0.327 e. The first-order chi connectivity index (χ1) is 11.1. The van der Waals surface area contributed by atoms with Crippen molar-refractivity contribution in [2.24, 2.45) is 17.8 Å². The summed E-state index contributed by atoms with van der Waals surface area (Å²) in [6, 6.07) is 0. The SMILES string of the molecule is C[C@@H]1CC[C@@H]2[C@]34OO[C@](C)(CC[C@@H]13)O[C@H]4O[C@]1(C(F)(F)F)O[C@]21C. The van der Waals surface area contributed by atoms with E-state index in [0.717, 1.165) is 12.8 Å². The molecule has 0 unspecified atom stereocenters. The van der Waals surface area contributed by atoms with Gasteiger partial charge in [-0.05, 0) is 44.9 Å². The lowest BCUT2D eigenvalue weighted by atomic mass is 9.57. The molecule has 1 saturated carbocycles. The smallest absolute Gasteiger partial charge is 0.327 e. The minimum absolute atomic E-state index is 0.0119. The topological polar surface area (TPSA) is 49.5 Å². The van der Waals surface area contributed by atoms with E-state index in [1.165, 1.54) is 6.92 Å². The van der Waals surface area contributed by atoms with Gasteiger partial charge >= 0.3 is 6.18 Å². The van der Waals surface area contributed by atoms with Crippen LogP contribution in [-0.2, 0) is 24.0 Å². The van der Waals surface area contributed by atoms with E-state index in [9.17, 15) is 13.2 Å². The van der Waals surface area contributed by atoms with Gasteiger partial charge in [-0.2, -0.15) is 13.2 Å². The first kappa shape index (κ1) is 15.8. The fourth-order valence-corrected chi connectivity index (χ4v) is 5.68. The Kier molecular flexibility index (Phi) is 2.71. The molecule has 5 saturated heterocycles. The molecular formula is C16H21F3O5. The third kappa shape index (κ3) is 1.52. The molecule has 24 heavy (non-hydrogen) atoms. The summed E-state index contributed by atoms with van der Waals surface area (Å²) in [7, 11) is 0. The quantitative estimate of drug-likeness (QED) is 0.496. The summed E-state index contributed by atoms with van der Waals surface area (Å²) in [5, 5.41) is 0. The molecule has 8 atom stereocenters. The van der Waals surface area contributed by atoms with Gasteiger partial charge in [0.1, 0.15) is 5.60 Å². The molecule has 5 aliphatic heterocycles. The molecule has 0 aromatic heterocycles. The summed E-state index contributed by atoms with van der Waals surface area (Å²) >= 11 is 0. The molecule has 0 aromatic rings. The number of epoxide rings is 1. The summed E-state index contributed by atoms with van der Waals surface area (Å²) in [6.07, 6.45) is -3.05. The number of fused-ring (bicyclic) bond motifs is 4. The van der Waals surface area contributed by atoms with Crippen molar-refractivity contribution in [2.75, 3.05) is 0 Å². The fourth-order valence-electron chi connectivity index (χ4n) is 5.68. The Morgan fingerprint density at radius 3 is 2.46 bits per heavy atom. The monoisotopic (exact) mass is 350 g/mol. The van der Waals surface area contributed by atoms with Gasteiger partial charge in [0.25, 0.3) is 5.79 Å². The molecule has 6 rings (SSSR count). The predicted molar refractivity (Wildman–Crippen MR) is 72.2 cm³/mol. The molecule has 2 bridgehead atoms. The van der Waals surface area contributed by atoms with Crippen molar-refractivity contribution in [1.82, 2.24) is 0 Å². The number of rotatable bonds is 0. The molecule has 6 fully saturated rings. The highest BCUT2D eigenvalue weighted by Gasteiger charge is 2.92. The van der Waals surface area contributed by atoms with Crippen LogP contribution in [0.25, 0.3) is 0 Å². The first-order valence-corrected chi connectivity index (χ1v) is 8.57. The molecule has 0 amide bonds. The number of halogens is 3. The predicted octanol–water partition coefficient (Wildman–Crippen LogP) is 3.28. The second-order valence-electron chi connectivity index (χ2n) is 8.30. The van der Waals surface area contributed by atoms with E-state index in [-0.39, 0.29) is 5.92 Å². The van der Waals surface area contributed by atoms with Gasteiger partial charge < -0.3 is 14.2 Å². The first-order valence-electron chi connectivity index (χ1n) is 8.57. The number of hydrogen-bond donors (Lipinski definition) is 0. The Bertz CT molecular complexity index is 599. The summed E-state index contributed by atoms with van der Waals surface area (Å²) in [6.45, 7) is 5.27. The lowest BCUT2D eigenvalue weighted by Gasteiger charge is -2.58. The standard InChI is InChI=1S/C16H21F3O5/c1-8-4-5-10-13(3)15(22-13,16(17,18)19)21-11-14(10)9(8)6-7-12(2,20-11)23-24-14/h8-11H,4-7H2,1-3H3/t8-,9+,10+,11+,12-,13-,14-,15+/m1/s1. The third-order valence-electron chi connectivity index (χ3n) is 7.00. The molecule has 136 valence electrons. The van der Waals surface area contributed by atoms with Gasteiger partial charge in [-0.1, -0.05) is 6.92 Å². The zero-order chi connectivity index (χ0) is 17.2. The molecular weight excluding hydrogens is 329 g/mol. The van der Waals surface area contributed by atoms with E-state index in [0.29, 0.717) is 18.8 Å². The Labute approximate surface area is 137 Å². The summed E-state index contributed by atoms with van der Waals surface area (Å²) < 4.78 is 57.9. The van der Waals surface area contributed by atoms with Crippen LogP contribution < -0.4 is 0 Å². The van der Waals surface area contributed by atoms with Gasteiger partial charge in [0.2, 0.25) is 5.79 Å². The van der Waals surface area contributed by atoms with Gasteiger partial charge in [0, 0.05) is 12.3 Å². The van der Waals surface area contributed by atoms with Crippen molar-refractivity contribution < 1.29 is 37.2 Å². The molecule has 0 N–H and O–H groups in total. The fraction of sp³-hybridized carbons (Fsp3) is 1.00. The van der Waals surface area contributed by atoms with Crippen LogP contribution in [0, 0.1) is 17.8 Å². The minimum atomic E-state index is -4.63. The molecule has 0 aromatic carbocycles. The molecule has 5 nitrogen and oxygen atoms in total. The van der Waals surface area contributed by atoms with Crippen LogP contribution in [0.5, 0.6) is 0 Å². The molecule has 6 aliphatic rings. The molecule has 1 spiro atoms. The molecule has 0 radical (unpaired) electrons. The Morgan fingerprint density at radius 2 is 1.75 bits per heavy atom. The van der Waals surface area contributed by atoms with Crippen LogP contribution in [0.1, 0.15) is 46.5 Å². The van der Waals surface area contributed by atoms with Crippen LogP contribution in [0.2, 0.25) is 0 Å². The summed E-state index contributed by atoms with van der Waals surface area (Å²) in [5.74, 6) is -3.88. The molecule has 5 heterocycles. The van der Waals surface area contributed by atoms with Gasteiger partial charge in [0.05, 0.1) is 0 Å². The van der Waals surface area contributed by atoms with E-state index in [1.807, 2.05) is 0 Å². The maximum Gasteiger partial charge on any atom is 0.446 e. The van der Waals surface area contributed by atoms with Crippen LogP contribution in [0.4, 0.5) is 13.2 Å². The lowest BCUT2D eigenvalue weighted by Crippen LogP contribution is -2.73. The van der Waals surface area contributed by atoms with Crippen LogP contribution in [-0.4, -0.2) is 35.2 Å². The Balaban J connectivity index is 1.66. The highest BCUT2D eigenvalue weighted by atomic mass is 19.4. The van der Waals surface area contributed by atoms with E-state index < -0.39 is 41.2 Å². The van der Waals surface area contributed by atoms with Crippen molar-refractivity contribution in [2.45, 2.75) is 81.7 Å². The van der Waals surface area contributed by atoms with Crippen LogP contribution in [0.3, 0.4) is 0 Å². The summed E-state index contributed by atoms with van der Waals surface area (Å²) in [4.78, 5) is 11.4. The van der Waals surface area contributed by atoms with Crippen molar-refractivity contribution >= 4 is 0 Å². The maximum absolute atomic E-state index is 13.7. The van der Waals surface area contributed by atoms with Crippen molar-refractivity contribution in [3.63, 3.8) is 0 Å². The van der Waals surface area contributed by atoms with E-state index >= 15 is 0 Å². The Morgan fingerprint density at radius 1 is 1.00 bits per heavy atom. The largest absolute Gasteiger partial charge is 0.446 e. The normalized spacial score (nSPS) is 61.8. The lowest BCUT2D eigenvalue weighted by molar-refractivity contribution is -0.573. The van der Waals surface area contributed by atoms with E-state index in [1.54, 1.807) is 6.92 Å². The highest BCUT2D eigenvalue weighted by molar-refractivity contribution is 5.25. The number of ether oxygens (including phenoxy) is 3. The van der Waals surface area contributed by atoms with Crippen molar-refractivity contribution in [3.8, 4) is 0 Å². The van der Waals surface area contributed by atoms with Gasteiger partial charge in [0.15, 0.2) is 11.9 Å². The van der Waals surface area contributed by atoms with Crippen molar-refractivity contribution in [3.05, 3.63) is 0 Å². The van der Waals surface area contributed by atoms with E-state index in [2.05, 4.69) is 6.92 Å². The second-order valence-corrected chi connectivity index (χ2v) is 8.30. The molecule has 8 heteroatoms. The molecule has 1 aliphatic carbocycles. The zero-order valence-electron chi connectivity index (χ0n) is 13.8. The average Bonchev–Trinajstić information content (AvgIpc) is 3.15. The summed E-state index contributed by atoms with van der Waals surface area (Å²) in [5.41, 5.74) is -2.52. The van der Waals surface area contributed by atoms with Crippen LogP contribution in [0.15, 0.2) is 0 Å². The van der Waals surface area contributed by atoms with Gasteiger partial charge in [-0.3, -0.25) is 0 Å². The second kappa shape index (κ2) is 4.11. The van der Waals surface area contributed by atoms with Crippen LogP contribution >= 0.6 is 0 Å². The van der Waals surface area contributed by atoms with Gasteiger partial charge in [-0.15, -0.1) is 0 Å². The Hall–Kier alpha value is -0.410. The van der Waals surface area contributed by atoms with Crippen molar-refractivity contribution in [1.29, 1.82) is 0 Å². The van der Waals surface area contributed by atoms with Gasteiger partial charge in [-0.25, -0.2) is 9.78 Å². The zero-order valence-corrected chi connectivity index (χ0v) is 13.8. The average molecular weight is 350 g/mol. The third-order valence-corrected chi connectivity index (χ3v) is 7.00. The maximum atomic E-state index is 13.7. The van der Waals surface area contributed by atoms with E-state index in [4.69, 9.17) is 24.0 Å². The number of hydrogen-bond acceptors (Lipinski definition) is 5. The highest BCUT2D eigenvalue weighted by Crippen LogP contribution is 2.73.